The molecular formula is C11H7NO3S. The zero-order valence-corrected chi connectivity index (χ0v) is 8.90. The molecule has 0 fully saturated rings. The van der Waals surface area contributed by atoms with Gasteiger partial charge >= 0.3 is 5.97 Å². The lowest BCUT2D eigenvalue weighted by molar-refractivity contribution is 0.0696. The van der Waals surface area contributed by atoms with Gasteiger partial charge in [0.25, 0.3) is 0 Å². The van der Waals surface area contributed by atoms with Gasteiger partial charge in [-0.3, -0.25) is 9.78 Å². The average Bonchev–Trinajstić information content (AvgIpc) is 2.81. The monoisotopic (exact) mass is 233 g/mol. The summed E-state index contributed by atoms with van der Waals surface area (Å²) >= 11 is 1.42. The third kappa shape index (κ3) is 1.99. The molecule has 1 N–H and O–H groups in total. The van der Waals surface area contributed by atoms with Crippen molar-refractivity contribution >= 4 is 23.1 Å². The molecule has 0 unspecified atom stereocenters. The third-order valence-corrected chi connectivity index (χ3v) is 2.71. The molecule has 2 rings (SSSR count). The Labute approximate surface area is 95.2 Å². The van der Waals surface area contributed by atoms with Crippen LogP contribution in [0.1, 0.15) is 26.3 Å². The molecule has 0 aliphatic rings. The third-order valence-electron chi connectivity index (χ3n) is 2.03. The number of carbonyl (C=O) groups is 2. The van der Waals surface area contributed by atoms with E-state index in [1.807, 2.05) is 0 Å². The van der Waals surface area contributed by atoms with Crippen LogP contribution >= 0.6 is 11.3 Å². The lowest BCUT2D eigenvalue weighted by Gasteiger charge is -1.99. The molecule has 16 heavy (non-hydrogen) atoms. The van der Waals surface area contributed by atoms with Crippen LogP contribution in [0.3, 0.4) is 0 Å². The molecule has 0 radical (unpaired) electrons. The summed E-state index contributed by atoms with van der Waals surface area (Å²) < 4.78 is 0. The molecule has 0 atom stereocenters. The second kappa shape index (κ2) is 4.24. The molecule has 2 aromatic rings. The summed E-state index contributed by atoms with van der Waals surface area (Å²) in [6.07, 6.45) is 2.58. The summed E-state index contributed by atoms with van der Waals surface area (Å²) in [4.78, 5) is 26.3. The van der Waals surface area contributed by atoms with Crippen LogP contribution < -0.4 is 0 Å². The summed E-state index contributed by atoms with van der Waals surface area (Å²) in [5, 5.41) is 12.3. The SMILES string of the molecule is O=C(O)c1cncc(C(=O)c2ccsc2)c1. The number of nitrogens with zero attached hydrogens (tertiary/aromatic N) is 1. The maximum atomic E-state index is 11.9. The van der Waals surface area contributed by atoms with Crippen molar-refractivity contribution in [3.8, 4) is 0 Å². The van der Waals surface area contributed by atoms with Gasteiger partial charge in [-0.05, 0) is 17.5 Å². The van der Waals surface area contributed by atoms with Gasteiger partial charge in [0.15, 0.2) is 5.78 Å². The van der Waals surface area contributed by atoms with Gasteiger partial charge < -0.3 is 5.11 Å². The summed E-state index contributed by atoms with van der Waals surface area (Å²) in [7, 11) is 0. The van der Waals surface area contributed by atoms with Crippen LogP contribution in [0.2, 0.25) is 0 Å². The van der Waals surface area contributed by atoms with Crippen molar-refractivity contribution in [3.05, 3.63) is 52.0 Å². The molecule has 0 aliphatic carbocycles. The molecule has 0 bridgehead atoms. The Morgan fingerprint density at radius 2 is 1.94 bits per heavy atom. The number of pyridine rings is 1. The van der Waals surface area contributed by atoms with Gasteiger partial charge in [0, 0.05) is 28.9 Å². The van der Waals surface area contributed by atoms with Crippen LogP contribution in [0.4, 0.5) is 0 Å². The maximum absolute atomic E-state index is 11.9. The van der Waals surface area contributed by atoms with Crippen molar-refractivity contribution in [1.82, 2.24) is 4.98 Å². The van der Waals surface area contributed by atoms with Crippen LogP contribution in [-0.2, 0) is 0 Å². The first kappa shape index (κ1) is 10.5. The van der Waals surface area contributed by atoms with Gasteiger partial charge in [0.2, 0.25) is 0 Å². The number of carboxylic acids is 1. The number of aromatic nitrogens is 1. The van der Waals surface area contributed by atoms with Crippen LogP contribution in [0, 0.1) is 0 Å². The van der Waals surface area contributed by atoms with Gasteiger partial charge in [0.05, 0.1) is 5.56 Å². The first-order chi connectivity index (χ1) is 7.68. The smallest absolute Gasteiger partial charge is 0.337 e. The predicted octanol–water partition coefficient (Wildman–Crippen LogP) is 2.07. The fourth-order valence-corrected chi connectivity index (χ4v) is 1.88. The summed E-state index contributed by atoms with van der Waals surface area (Å²) in [5.74, 6) is -1.30. The fraction of sp³-hybridized carbons (Fsp3) is 0. The highest BCUT2D eigenvalue weighted by molar-refractivity contribution is 7.08. The lowest BCUT2D eigenvalue weighted by Crippen LogP contribution is -2.04. The maximum Gasteiger partial charge on any atom is 0.337 e. The minimum Gasteiger partial charge on any atom is -0.478 e. The van der Waals surface area contributed by atoms with E-state index in [0.29, 0.717) is 11.1 Å². The topological polar surface area (TPSA) is 67.3 Å². The molecule has 80 valence electrons. The Morgan fingerprint density at radius 3 is 2.56 bits per heavy atom. The van der Waals surface area contributed by atoms with E-state index < -0.39 is 5.97 Å². The van der Waals surface area contributed by atoms with Crippen LogP contribution in [-0.4, -0.2) is 21.8 Å². The molecule has 0 amide bonds. The Hall–Kier alpha value is -2.01. The Balaban J connectivity index is 2.38. The first-order valence-corrected chi connectivity index (χ1v) is 5.38. The molecule has 0 aromatic carbocycles. The second-order valence-corrected chi connectivity index (χ2v) is 3.89. The van der Waals surface area contributed by atoms with E-state index in [2.05, 4.69) is 4.98 Å². The van der Waals surface area contributed by atoms with E-state index in [9.17, 15) is 9.59 Å². The predicted molar refractivity (Wildman–Crippen MR) is 58.9 cm³/mol. The largest absolute Gasteiger partial charge is 0.478 e. The quantitative estimate of drug-likeness (QED) is 0.824. The van der Waals surface area contributed by atoms with E-state index in [-0.39, 0.29) is 11.3 Å². The number of aromatic carboxylic acids is 1. The van der Waals surface area contributed by atoms with Gasteiger partial charge in [-0.2, -0.15) is 11.3 Å². The van der Waals surface area contributed by atoms with Crippen molar-refractivity contribution < 1.29 is 14.7 Å². The van der Waals surface area contributed by atoms with Crippen molar-refractivity contribution in [2.75, 3.05) is 0 Å². The number of thiophene rings is 1. The van der Waals surface area contributed by atoms with Crippen LogP contribution in [0.15, 0.2) is 35.3 Å². The Kier molecular flexibility index (Phi) is 2.78. The number of hydrogen-bond donors (Lipinski definition) is 1. The Bertz CT molecular complexity index is 534. The lowest BCUT2D eigenvalue weighted by atomic mass is 10.1. The molecule has 0 spiro atoms. The molecule has 4 nitrogen and oxygen atoms in total. The molecular weight excluding hydrogens is 226 g/mol. The highest BCUT2D eigenvalue weighted by Crippen LogP contribution is 2.13. The minimum atomic E-state index is -1.09. The number of carbonyl (C=O) groups excluding carboxylic acids is 1. The number of rotatable bonds is 3. The molecule has 0 saturated carbocycles. The number of ketones is 1. The van der Waals surface area contributed by atoms with E-state index in [1.165, 1.54) is 29.8 Å². The molecule has 2 aromatic heterocycles. The van der Waals surface area contributed by atoms with E-state index in [0.717, 1.165) is 0 Å². The van der Waals surface area contributed by atoms with Gasteiger partial charge in [-0.15, -0.1) is 0 Å². The normalized spacial score (nSPS) is 10.0. The summed E-state index contributed by atoms with van der Waals surface area (Å²) in [6.45, 7) is 0. The average molecular weight is 233 g/mol. The first-order valence-electron chi connectivity index (χ1n) is 4.44. The standard InChI is InChI=1S/C11H7NO3S/c13-10(7-1-2-16-6-7)8-3-9(11(14)15)5-12-4-8/h1-6H,(H,14,15). The zero-order valence-electron chi connectivity index (χ0n) is 8.08. The summed E-state index contributed by atoms with van der Waals surface area (Å²) in [5.41, 5.74) is 0.855. The van der Waals surface area contributed by atoms with Gasteiger partial charge in [-0.25, -0.2) is 4.79 Å². The fourth-order valence-electron chi connectivity index (χ4n) is 1.24. The van der Waals surface area contributed by atoms with Crippen molar-refractivity contribution in [2.24, 2.45) is 0 Å². The molecule has 5 heteroatoms. The van der Waals surface area contributed by atoms with Gasteiger partial charge in [-0.1, -0.05) is 0 Å². The Morgan fingerprint density at radius 1 is 1.19 bits per heavy atom. The zero-order chi connectivity index (χ0) is 11.5. The second-order valence-electron chi connectivity index (χ2n) is 3.11. The number of carboxylic acid groups (broad SMARTS) is 1. The van der Waals surface area contributed by atoms with Crippen molar-refractivity contribution in [2.45, 2.75) is 0 Å². The molecule has 0 aliphatic heterocycles. The van der Waals surface area contributed by atoms with Crippen molar-refractivity contribution in [1.29, 1.82) is 0 Å². The van der Waals surface area contributed by atoms with Crippen LogP contribution in [0.5, 0.6) is 0 Å². The highest BCUT2D eigenvalue weighted by Gasteiger charge is 2.12. The van der Waals surface area contributed by atoms with Crippen LogP contribution in [0.25, 0.3) is 0 Å². The van der Waals surface area contributed by atoms with E-state index >= 15 is 0 Å². The summed E-state index contributed by atoms with van der Waals surface area (Å²) in [6, 6.07) is 3.02. The molecule has 0 saturated heterocycles. The number of hydrogen-bond acceptors (Lipinski definition) is 4. The van der Waals surface area contributed by atoms with E-state index in [1.54, 1.807) is 16.8 Å². The van der Waals surface area contributed by atoms with E-state index in [4.69, 9.17) is 5.11 Å². The minimum absolute atomic E-state index is 0.0149. The van der Waals surface area contributed by atoms with Gasteiger partial charge in [0.1, 0.15) is 0 Å². The molecule has 2 heterocycles. The highest BCUT2D eigenvalue weighted by atomic mass is 32.1. The van der Waals surface area contributed by atoms with Crippen molar-refractivity contribution in [3.63, 3.8) is 0 Å².